The summed E-state index contributed by atoms with van der Waals surface area (Å²) in [5.74, 6) is 0.446. The fourth-order valence-corrected chi connectivity index (χ4v) is 2.36. The van der Waals surface area contributed by atoms with Crippen molar-refractivity contribution in [2.75, 3.05) is 12.4 Å². The molecule has 0 saturated heterocycles. The Bertz CT molecular complexity index is 862. The summed E-state index contributed by atoms with van der Waals surface area (Å²) >= 11 is 6.35. The number of methoxy groups -OCH3 is 1. The number of amides is 1. The zero-order chi connectivity index (χ0) is 15.7. The average molecular weight is 319 g/mol. The second kappa shape index (κ2) is 5.53. The van der Waals surface area contributed by atoms with E-state index in [0.29, 0.717) is 33.3 Å². The fourth-order valence-electron chi connectivity index (χ4n) is 2.07. The number of rotatable bonds is 3. The Labute approximate surface area is 130 Å². The predicted molar refractivity (Wildman–Crippen MR) is 82.1 cm³/mol. The molecule has 0 atom stereocenters. The average Bonchev–Trinajstić information content (AvgIpc) is 2.83. The highest BCUT2D eigenvalue weighted by atomic mass is 35.5. The lowest BCUT2D eigenvalue weighted by Crippen LogP contribution is -2.06. The Balaban J connectivity index is 2.10. The molecule has 0 unspecified atom stereocenters. The van der Waals surface area contributed by atoms with Gasteiger partial charge in [0.1, 0.15) is 5.15 Å². The van der Waals surface area contributed by atoms with Gasteiger partial charge in [-0.25, -0.2) is 14.5 Å². The van der Waals surface area contributed by atoms with Crippen molar-refractivity contribution in [1.82, 2.24) is 14.8 Å². The van der Waals surface area contributed by atoms with Crippen LogP contribution in [0.2, 0.25) is 5.15 Å². The van der Waals surface area contributed by atoms with Crippen molar-refractivity contribution in [3.63, 3.8) is 0 Å². The van der Waals surface area contributed by atoms with Crippen molar-refractivity contribution >= 4 is 34.3 Å². The van der Waals surface area contributed by atoms with Crippen LogP contribution >= 0.6 is 11.6 Å². The molecule has 3 aromatic rings. The van der Waals surface area contributed by atoms with Gasteiger partial charge in [-0.2, -0.15) is 5.10 Å². The molecule has 7 nitrogen and oxygen atoms in total. The van der Waals surface area contributed by atoms with E-state index in [1.807, 2.05) is 0 Å². The van der Waals surface area contributed by atoms with Crippen LogP contribution in [-0.2, 0) is 0 Å². The molecule has 2 aromatic heterocycles. The molecule has 0 spiro atoms. The van der Waals surface area contributed by atoms with Crippen LogP contribution in [0.15, 0.2) is 36.5 Å². The van der Waals surface area contributed by atoms with E-state index >= 15 is 0 Å². The Morgan fingerprint density at radius 1 is 1.36 bits per heavy atom. The Kier molecular flexibility index (Phi) is 3.56. The number of hydrogen-bond acceptors (Lipinski definition) is 4. The van der Waals surface area contributed by atoms with Crippen LogP contribution in [0.5, 0.6) is 5.88 Å². The number of nitrogens with one attached hydrogen (secondary N) is 1. The fraction of sp³-hybridized carbons (Fsp3) is 0.0714. The van der Waals surface area contributed by atoms with Crippen LogP contribution in [0.25, 0.3) is 16.6 Å². The topological polar surface area (TPSA) is 89.3 Å². The third kappa shape index (κ3) is 2.53. The van der Waals surface area contributed by atoms with Gasteiger partial charge in [-0.05, 0) is 24.3 Å². The van der Waals surface area contributed by atoms with Gasteiger partial charge in [-0.15, -0.1) is 0 Å². The summed E-state index contributed by atoms with van der Waals surface area (Å²) in [6.45, 7) is 0. The minimum Gasteiger partial charge on any atom is -0.481 e. The maximum atomic E-state index is 10.7. The van der Waals surface area contributed by atoms with E-state index in [9.17, 15) is 4.79 Å². The summed E-state index contributed by atoms with van der Waals surface area (Å²) in [6.07, 6.45) is 0.456. The van der Waals surface area contributed by atoms with Crippen molar-refractivity contribution in [3.05, 3.63) is 41.7 Å². The van der Waals surface area contributed by atoms with Gasteiger partial charge in [-0.3, -0.25) is 5.32 Å². The monoisotopic (exact) mass is 318 g/mol. The predicted octanol–water partition coefficient (Wildman–Crippen LogP) is 3.17. The number of nitrogens with zero attached hydrogens (tertiary/aromatic N) is 3. The maximum Gasteiger partial charge on any atom is 0.409 e. The second-order valence-electron chi connectivity index (χ2n) is 4.42. The van der Waals surface area contributed by atoms with E-state index in [4.69, 9.17) is 21.4 Å². The third-order valence-corrected chi connectivity index (χ3v) is 3.40. The molecule has 3 rings (SSSR count). The van der Waals surface area contributed by atoms with E-state index in [0.717, 1.165) is 0 Å². The summed E-state index contributed by atoms with van der Waals surface area (Å²) in [5, 5.41) is 16.6. The highest BCUT2D eigenvalue weighted by molar-refractivity contribution is 6.34. The zero-order valence-electron chi connectivity index (χ0n) is 11.4. The van der Waals surface area contributed by atoms with Gasteiger partial charge < -0.3 is 9.84 Å². The number of hydrogen-bond donors (Lipinski definition) is 2. The Morgan fingerprint density at radius 2 is 2.18 bits per heavy atom. The molecule has 1 aromatic carbocycles. The van der Waals surface area contributed by atoms with Gasteiger partial charge in [0.15, 0.2) is 0 Å². The lowest BCUT2D eigenvalue weighted by Gasteiger charge is -2.04. The van der Waals surface area contributed by atoms with E-state index in [1.165, 1.54) is 7.11 Å². The molecule has 2 heterocycles. The van der Waals surface area contributed by atoms with Crippen molar-refractivity contribution in [2.24, 2.45) is 0 Å². The Morgan fingerprint density at radius 3 is 2.91 bits per heavy atom. The van der Waals surface area contributed by atoms with Crippen molar-refractivity contribution < 1.29 is 14.6 Å². The molecule has 0 aliphatic heterocycles. The first-order valence-corrected chi connectivity index (χ1v) is 6.65. The van der Waals surface area contributed by atoms with E-state index < -0.39 is 6.09 Å². The molecule has 0 bridgehead atoms. The number of anilines is 1. The molecule has 0 aliphatic rings. The first-order chi connectivity index (χ1) is 10.6. The molecule has 0 radical (unpaired) electrons. The molecular weight excluding hydrogens is 308 g/mol. The van der Waals surface area contributed by atoms with Gasteiger partial charge in [0.2, 0.25) is 5.88 Å². The molecule has 0 fully saturated rings. The number of aromatic nitrogens is 3. The van der Waals surface area contributed by atoms with Gasteiger partial charge in [0, 0.05) is 23.3 Å². The van der Waals surface area contributed by atoms with Crippen molar-refractivity contribution in [1.29, 1.82) is 0 Å². The summed E-state index contributed by atoms with van der Waals surface area (Å²) in [6, 6.07) is 8.40. The number of ether oxygens (including phenoxy) is 1. The SMILES string of the molecule is COc1cc(-n2nc3cc(NC(=O)O)ccc3c2Cl)ccn1. The molecule has 112 valence electrons. The first-order valence-electron chi connectivity index (χ1n) is 6.27. The zero-order valence-corrected chi connectivity index (χ0v) is 12.2. The number of halogens is 1. The summed E-state index contributed by atoms with van der Waals surface area (Å²) in [7, 11) is 1.52. The normalized spacial score (nSPS) is 10.6. The minimum absolute atomic E-state index is 0.421. The molecule has 0 saturated carbocycles. The molecule has 8 heteroatoms. The molecule has 2 N–H and O–H groups in total. The van der Waals surface area contributed by atoms with Gasteiger partial charge in [-0.1, -0.05) is 11.6 Å². The maximum absolute atomic E-state index is 10.7. The number of carbonyl (C=O) groups is 1. The smallest absolute Gasteiger partial charge is 0.409 e. The number of pyridine rings is 1. The van der Waals surface area contributed by atoms with Crippen LogP contribution < -0.4 is 10.1 Å². The number of carboxylic acid groups (broad SMARTS) is 1. The van der Waals surface area contributed by atoms with Gasteiger partial charge in [0.05, 0.1) is 18.3 Å². The number of benzene rings is 1. The third-order valence-electron chi connectivity index (χ3n) is 3.04. The lowest BCUT2D eigenvalue weighted by molar-refractivity contribution is 0.210. The van der Waals surface area contributed by atoms with E-state index in [-0.39, 0.29) is 0 Å². The standard InChI is InChI=1S/C14H11ClN4O3/c1-22-12-7-9(4-5-16-12)19-13(15)10-3-2-8(17-14(20)21)6-11(10)18-19/h2-7,17H,1H3,(H,20,21). The Hall–Kier alpha value is -2.80. The molecule has 1 amide bonds. The van der Waals surface area contributed by atoms with Crippen LogP contribution in [0.1, 0.15) is 0 Å². The highest BCUT2D eigenvalue weighted by Gasteiger charge is 2.12. The molecule has 22 heavy (non-hydrogen) atoms. The second-order valence-corrected chi connectivity index (χ2v) is 4.78. The summed E-state index contributed by atoms with van der Waals surface area (Å²) < 4.78 is 6.63. The summed E-state index contributed by atoms with van der Waals surface area (Å²) in [5.41, 5.74) is 1.70. The van der Waals surface area contributed by atoms with Crippen LogP contribution in [0.3, 0.4) is 0 Å². The molecule has 0 aliphatic carbocycles. The van der Waals surface area contributed by atoms with Gasteiger partial charge >= 0.3 is 6.09 Å². The molecular formula is C14H11ClN4O3. The first kappa shape index (κ1) is 14.2. The van der Waals surface area contributed by atoms with Crippen LogP contribution in [0.4, 0.5) is 10.5 Å². The van der Waals surface area contributed by atoms with E-state index in [1.54, 1.807) is 41.2 Å². The highest BCUT2D eigenvalue weighted by Crippen LogP contribution is 2.28. The van der Waals surface area contributed by atoms with Crippen molar-refractivity contribution in [2.45, 2.75) is 0 Å². The minimum atomic E-state index is -1.14. The summed E-state index contributed by atoms with van der Waals surface area (Å²) in [4.78, 5) is 14.7. The van der Waals surface area contributed by atoms with Crippen LogP contribution in [0, 0.1) is 0 Å². The van der Waals surface area contributed by atoms with Crippen molar-refractivity contribution in [3.8, 4) is 11.6 Å². The van der Waals surface area contributed by atoms with E-state index in [2.05, 4.69) is 15.4 Å². The quantitative estimate of drug-likeness (QED) is 0.774. The lowest BCUT2D eigenvalue weighted by atomic mass is 10.2. The van der Waals surface area contributed by atoms with Crippen LogP contribution in [-0.4, -0.2) is 33.1 Å². The number of fused-ring (bicyclic) bond motifs is 1. The largest absolute Gasteiger partial charge is 0.481 e. The van der Waals surface area contributed by atoms with Gasteiger partial charge in [0.25, 0.3) is 0 Å².